The summed E-state index contributed by atoms with van der Waals surface area (Å²) in [6.07, 6.45) is 0. The van der Waals surface area contributed by atoms with E-state index in [1.54, 1.807) is 0 Å². The van der Waals surface area contributed by atoms with Crippen LogP contribution in [-0.2, 0) is 0 Å². The van der Waals surface area contributed by atoms with E-state index in [1.165, 1.54) is 10.8 Å². The van der Waals surface area contributed by atoms with Crippen molar-refractivity contribution in [2.45, 2.75) is 0 Å². The lowest BCUT2D eigenvalue weighted by Crippen LogP contribution is -2.01. The van der Waals surface area contributed by atoms with E-state index in [0.717, 1.165) is 94.3 Å². The van der Waals surface area contributed by atoms with Gasteiger partial charge in [0.2, 0.25) is 0 Å². The molecule has 0 aliphatic heterocycles. The van der Waals surface area contributed by atoms with E-state index in [2.05, 4.69) is 199 Å². The van der Waals surface area contributed by atoms with Crippen molar-refractivity contribution in [3.05, 3.63) is 273 Å². The van der Waals surface area contributed by atoms with Crippen LogP contribution >= 0.6 is 0 Å². The average Bonchev–Trinajstić information content (AvgIpc) is 3.88. The minimum atomic E-state index is 0.582. The second-order valence-corrected chi connectivity index (χ2v) is 19.0. The van der Waals surface area contributed by atoms with Crippen molar-refractivity contribution in [2.75, 3.05) is 0 Å². The number of para-hydroxylation sites is 2. The summed E-state index contributed by atoms with van der Waals surface area (Å²) in [5, 5.41) is 4.61. The maximum Gasteiger partial charge on any atom is 0.164 e. The molecule has 0 unspecified atom stereocenters. The Morgan fingerprint density at radius 1 is 0.208 bits per heavy atom. The molecule has 3 aromatic heterocycles. The molecule has 0 N–H and O–H groups in total. The summed E-state index contributed by atoms with van der Waals surface area (Å²) in [4.78, 5) is 31.2. The Labute approximate surface area is 445 Å². The number of rotatable bonds is 10. The molecule has 11 aromatic carbocycles. The zero-order valence-corrected chi connectivity index (χ0v) is 41.6. The van der Waals surface area contributed by atoms with Gasteiger partial charge in [-0.05, 0) is 86.6 Å². The molecule has 0 aliphatic rings. The Morgan fingerprint density at radius 2 is 0.623 bits per heavy atom. The first-order chi connectivity index (χ1) is 38.2. The molecule has 0 spiro atoms. The highest BCUT2D eigenvalue weighted by molar-refractivity contribution is 6.09. The van der Waals surface area contributed by atoms with E-state index in [1.807, 2.05) is 78.9 Å². The largest absolute Gasteiger partial charge is 0.309 e. The van der Waals surface area contributed by atoms with Crippen LogP contribution in [0.2, 0.25) is 0 Å². The monoisotopic (exact) mass is 983 g/mol. The van der Waals surface area contributed by atoms with E-state index >= 15 is 0 Å². The lowest BCUT2D eigenvalue weighted by atomic mass is 9.87. The molecule has 77 heavy (non-hydrogen) atoms. The Balaban J connectivity index is 0.927. The lowest BCUT2D eigenvalue weighted by Gasteiger charge is -2.18. The van der Waals surface area contributed by atoms with E-state index in [0.29, 0.717) is 34.9 Å². The van der Waals surface area contributed by atoms with Gasteiger partial charge < -0.3 is 4.57 Å². The van der Waals surface area contributed by atoms with Crippen LogP contribution in [0.25, 0.3) is 140 Å². The van der Waals surface area contributed by atoms with Crippen LogP contribution in [0.3, 0.4) is 0 Å². The van der Waals surface area contributed by atoms with Crippen molar-refractivity contribution in [1.29, 1.82) is 0 Å². The highest BCUT2D eigenvalue weighted by Crippen LogP contribution is 2.43. The molecule has 0 saturated carbocycles. The highest BCUT2D eigenvalue weighted by atomic mass is 15.0. The van der Waals surface area contributed by atoms with Crippen LogP contribution in [0.4, 0.5) is 0 Å². The number of nitrogens with zero attached hydrogens (tertiary/aromatic N) is 7. The molecular weight excluding hydrogens is 939 g/mol. The van der Waals surface area contributed by atoms with Crippen molar-refractivity contribution >= 4 is 32.6 Å². The van der Waals surface area contributed by atoms with Gasteiger partial charge in [-0.3, -0.25) is 0 Å². The molecule has 0 atom stereocenters. The van der Waals surface area contributed by atoms with Gasteiger partial charge in [0.1, 0.15) is 0 Å². The van der Waals surface area contributed by atoms with Gasteiger partial charge >= 0.3 is 0 Å². The molecule has 0 aliphatic carbocycles. The first kappa shape index (κ1) is 45.1. The van der Waals surface area contributed by atoms with Crippen LogP contribution in [0.1, 0.15) is 0 Å². The predicted octanol–water partition coefficient (Wildman–Crippen LogP) is 17.3. The fourth-order valence-corrected chi connectivity index (χ4v) is 10.7. The summed E-state index contributed by atoms with van der Waals surface area (Å²) in [5.74, 6) is 3.60. The van der Waals surface area contributed by atoms with Gasteiger partial charge in [0.15, 0.2) is 34.9 Å². The second-order valence-electron chi connectivity index (χ2n) is 19.0. The van der Waals surface area contributed by atoms with Gasteiger partial charge in [-0.1, -0.05) is 231 Å². The number of fused-ring (bicyclic) bond motifs is 4. The second kappa shape index (κ2) is 19.4. The Bertz CT molecular complexity index is 4390. The van der Waals surface area contributed by atoms with Crippen molar-refractivity contribution in [3.63, 3.8) is 0 Å². The fraction of sp³-hybridized carbons (Fsp3) is 0. The molecule has 360 valence electrons. The minimum Gasteiger partial charge on any atom is -0.309 e. The van der Waals surface area contributed by atoms with Gasteiger partial charge in [-0.25, -0.2) is 29.9 Å². The molecule has 3 heterocycles. The average molecular weight is 984 g/mol. The standard InChI is InChI=1S/C70H45N7/c1-5-22-46(23-6-1)61-44-51(40-41-57(61)56-34-15-16-37-60(56)70-75-66(48-26-9-3-10-27-48)71-67(76-70)49-28-11-4-12-29-49)62-45-53(42-50-30-13-14-33-55(50)62)69-73-65(47-24-7-2-8-25-47)72-68(74-69)52-31-21-32-54(43-52)77-63-38-19-17-35-58(63)59-36-18-20-39-64(59)77/h1-45H. The van der Waals surface area contributed by atoms with Gasteiger partial charge in [-0.15, -0.1) is 0 Å². The predicted molar refractivity (Wildman–Crippen MR) is 314 cm³/mol. The van der Waals surface area contributed by atoms with Gasteiger partial charge in [0.05, 0.1) is 11.0 Å². The first-order valence-corrected chi connectivity index (χ1v) is 25.8. The molecule has 7 nitrogen and oxygen atoms in total. The van der Waals surface area contributed by atoms with Crippen molar-refractivity contribution < 1.29 is 0 Å². The molecule has 14 rings (SSSR count). The van der Waals surface area contributed by atoms with E-state index in [4.69, 9.17) is 29.9 Å². The highest BCUT2D eigenvalue weighted by Gasteiger charge is 2.21. The summed E-state index contributed by atoms with van der Waals surface area (Å²) >= 11 is 0. The number of hydrogen-bond acceptors (Lipinski definition) is 6. The molecule has 0 amide bonds. The van der Waals surface area contributed by atoms with Crippen LogP contribution in [0.5, 0.6) is 0 Å². The first-order valence-electron chi connectivity index (χ1n) is 25.8. The quantitative estimate of drug-likeness (QED) is 0.136. The zero-order valence-electron chi connectivity index (χ0n) is 41.6. The van der Waals surface area contributed by atoms with Crippen molar-refractivity contribution in [1.82, 2.24) is 34.5 Å². The molecule has 0 bridgehead atoms. The van der Waals surface area contributed by atoms with Crippen molar-refractivity contribution in [2.24, 2.45) is 0 Å². The third kappa shape index (κ3) is 8.48. The Morgan fingerprint density at radius 3 is 1.21 bits per heavy atom. The van der Waals surface area contributed by atoms with Gasteiger partial charge in [0, 0.05) is 49.8 Å². The number of aromatic nitrogens is 7. The summed E-state index contributed by atoms with van der Waals surface area (Å²) in [5.41, 5.74) is 15.1. The van der Waals surface area contributed by atoms with Gasteiger partial charge in [0.25, 0.3) is 0 Å². The maximum absolute atomic E-state index is 5.35. The normalized spacial score (nSPS) is 11.4. The fourth-order valence-electron chi connectivity index (χ4n) is 10.7. The molecule has 7 heteroatoms. The third-order valence-corrected chi connectivity index (χ3v) is 14.3. The molecule has 0 saturated heterocycles. The maximum atomic E-state index is 5.35. The summed E-state index contributed by atoms with van der Waals surface area (Å²) in [7, 11) is 0. The summed E-state index contributed by atoms with van der Waals surface area (Å²) in [6.45, 7) is 0. The topological polar surface area (TPSA) is 82.3 Å². The van der Waals surface area contributed by atoms with Crippen molar-refractivity contribution in [3.8, 4) is 107 Å². The van der Waals surface area contributed by atoms with E-state index < -0.39 is 0 Å². The zero-order chi connectivity index (χ0) is 51.1. The van der Waals surface area contributed by atoms with E-state index in [9.17, 15) is 0 Å². The molecule has 14 aromatic rings. The van der Waals surface area contributed by atoms with Crippen LogP contribution < -0.4 is 0 Å². The Kier molecular flexibility index (Phi) is 11.4. The lowest BCUT2D eigenvalue weighted by molar-refractivity contribution is 1.07. The van der Waals surface area contributed by atoms with Crippen LogP contribution in [0.15, 0.2) is 273 Å². The Hall–Kier alpha value is -10.5. The number of hydrogen-bond donors (Lipinski definition) is 0. The summed E-state index contributed by atoms with van der Waals surface area (Å²) in [6, 6.07) is 94.9. The van der Waals surface area contributed by atoms with E-state index in [-0.39, 0.29) is 0 Å². The molecule has 0 radical (unpaired) electrons. The molecular formula is C70H45N7. The van der Waals surface area contributed by atoms with Crippen LogP contribution in [-0.4, -0.2) is 34.5 Å². The SMILES string of the molecule is c1ccc(-c2nc(-c3cccc(-n4c5ccccc5c5ccccc54)c3)nc(-c3cc(-c4ccc(-c5ccccc5-c5nc(-c6ccccc6)nc(-c6ccccc6)n5)c(-c5ccccc5)c4)c4ccccc4c3)n2)cc1. The smallest absolute Gasteiger partial charge is 0.164 e. The third-order valence-electron chi connectivity index (χ3n) is 14.3. The number of benzene rings is 11. The van der Waals surface area contributed by atoms with Crippen LogP contribution in [0, 0.1) is 0 Å². The van der Waals surface area contributed by atoms with Gasteiger partial charge in [-0.2, -0.15) is 0 Å². The molecule has 0 fully saturated rings. The minimum absolute atomic E-state index is 0.582. The summed E-state index contributed by atoms with van der Waals surface area (Å²) < 4.78 is 2.33.